The molecule has 0 radical (unpaired) electrons. The number of benzene rings is 2. The van der Waals surface area contributed by atoms with Crippen LogP contribution in [-0.4, -0.2) is 63.0 Å². The molecular weight excluding hydrogens is 483 g/mol. The van der Waals surface area contributed by atoms with E-state index in [1.807, 2.05) is 24.3 Å². The monoisotopic (exact) mass is 511 g/mol. The van der Waals surface area contributed by atoms with Crippen LogP contribution >= 0.6 is 0 Å². The molecule has 1 fully saturated rings. The Balaban J connectivity index is 1.48. The van der Waals surface area contributed by atoms with E-state index in [1.165, 1.54) is 0 Å². The van der Waals surface area contributed by atoms with Gasteiger partial charge in [-0.2, -0.15) is 23.3 Å². The number of rotatable bonds is 5. The maximum atomic E-state index is 13.8. The summed E-state index contributed by atoms with van der Waals surface area (Å²) < 4.78 is 42.5. The molecule has 1 aliphatic heterocycles. The zero-order valence-corrected chi connectivity index (χ0v) is 20.8. The summed E-state index contributed by atoms with van der Waals surface area (Å²) in [6, 6.07) is 14.4. The van der Waals surface area contributed by atoms with Crippen molar-refractivity contribution in [1.82, 2.24) is 24.6 Å². The smallest absolute Gasteiger partial charge is 0.386 e. The third kappa shape index (κ3) is 5.23. The van der Waals surface area contributed by atoms with E-state index in [1.54, 1.807) is 38.1 Å². The topological polar surface area (TPSA) is 82.3 Å². The van der Waals surface area contributed by atoms with Crippen LogP contribution < -0.4 is 10.2 Å². The first kappa shape index (κ1) is 25.0. The Bertz CT molecular complexity index is 1400. The molecule has 0 amide bonds. The van der Waals surface area contributed by atoms with Gasteiger partial charge in [-0.1, -0.05) is 12.1 Å². The molecule has 11 heteroatoms. The number of nitrogens with zero attached hydrogens (tertiary/aromatic N) is 6. The Labute approximate surface area is 212 Å². The van der Waals surface area contributed by atoms with Crippen molar-refractivity contribution in [2.45, 2.75) is 25.6 Å². The Morgan fingerprint density at radius 1 is 0.946 bits per heavy atom. The number of anilines is 3. The minimum absolute atomic E-state index is 0.00628. The maximum absolute atomic E-state index is 13.8. The van der Waals surface area contributed by atoms with Crippen molar-refractivity contribution in [3.8, 4) is 5.69 Å². The SMILES string of the molecule is CN1CCN(c2ccc(Nc3ncc4c(C(F)(F)F)nn(-c5cccc(C(C)(C)O)c5)c4n3)cc2)CC1. The molecule has 2 aromatic heterocycles. The molecule has 1 saturated heterocycles. The molecule has 194 valence electrons. The molecule has 37 heavy (non-hydrogen) atoms. The van der Waals surface area contributed by atoms with Crippen LogP contribution in [-0.2, 0) is 11.8 Å². The Kier molecular flexibility index (Phi) is 6.28. The van der Waals surface area contributed by atoms with Crippen LogP contribution in [0.5, 0.6) is 0 Å². The molecule has 3 heterocycles. The normalized spacial score (nSPS) is 15.4. The van der Waals surface area contributed by atoms with Gasteiger partial charge in [0.15, 0.2) is 11.3 Å². The molecule has 0 bridgehead atoms. The average molecular weight is 512 g/mol. The summed E-state index contributed by atoms with van der Waals surface area (Å²) in [6.07, 6.45) is -3.55. The fourth-order valence-electron chi connectivity index (χ4n) is 4.32. The van der Waals surface area contributed by atoms with Gasteiger partial charge in [-0.15, -0.1) is 0 Å². The zero-order chi connectivity index (χ0) is 26.4. The van der Waals surface area contributed by atoms with Gasteiger partial charge in [0, 0.05) is 43.8 Å². The number of aromatic nitrogens is 4. The highest BCUT2D eigenvalue weighted by Crippen LogP contribution is 2.35. The predicted octanol–water partition coefficient (Wildman–Crippen LogP) is 4.56. The molecule has 0 atom stereocenters. The van der Waals surface area contributed by atoms with Gasteiger partial charge >= 0.3 is 6.18 Å². The van der Waals surface area contributed by atoms with Crippen LogP contribution in [0, 0.1) is 0 Å². The Morgan fingerprint density at radius 3 is 2.30 bits per heavy atom. The van der Waals surface area contributed by atoms with Gasteiger partial charge < -0.3 is 20.2 Å². The second-order valence-electron chi connectivity index (χ2n) is 9.76. The van der Waals surface area contributed by atoms with E-state index in [9.17, 15) is 18.3 Å². The van der Waals surface area contributed by atoms with Crippen molar-refractivity contribution in [3.05, 3.63) is 66.0 Å². The van der Waals surface area contributed by atoms with Crippen LogP contribution in [0.2, 0.25) is 0 Å². The molecule has 2 N–H and O–H groups in total. The highest BCUT2D eigenvalue weighted by Gasteiger charge is 2.38. The summed E-state index contributed by atoms with van der Waals surface area (Å²) in [5, 5.41) is 17.1. The second kappa shape index (κ2) is 9.31. The molecule has 0 spiro atoms. The third-order valence-corrected chi connectivity index (χ3v) is 6.48. The van der Waals surface area contributed by atoms with Gasteiger partial charge in [0.05, 0.1) is 16.7 Å². The first-order valence-corrected chi connectivity index (χ1v) is 12.0. The number of hydrogen-bond acceptors (Lipinski definition) is 7. The number of halogens is 3. The highest BCUT2D eigenvalue weighted by atomic mass is 19.4. The Morgan fingerprint density at radius 2 is 1.65 bits per heavy atom. The highest BCUT2D eigenvalue weighted by molar-refractivity contribution is 5.81. The van der Waals surface area contributed by atoms with E-state index >= 15 is 0 Å². The van der Waals surface area contributed by atoms with Gasteiger partial charge in [0.1, 0.15) is 0 Å². The number of piperazine rings is 1. The van der Waals surface area contributed by atoms with Crippen molar-refractivity contribution in [2.75, 3.05) is 43.4 Å². The lowest BCUT2D eigenvalue weighted by Crippen LogP contribution is -2.44. The maximum Gasteiger partial charge on any atom is 0.435 e. The molecule has 0 unspecified atom stereocenters. The molecular formula is C26H28F3N7O. The molecule has 5 rings (SSSR count). The van der Waals surface area contributed by atoms with E-state index in [4.69, 9.17) is 0 Å². The van der Waals surface area contributed by atoms with E-state index in [2.05, 4.69) is 37.2 Å². The lowest BCUT2D eigenvalue weighted by Gasteiger charge is -2.34. The summed E-state index contributed by atoms with van der Waals surface area (Å²) in [5.41, 5.74) is 0.462. The lowest BCUT2D eigenvalue weighted by molar-refractivity contribution is -0.140. The fraction of sp³-hybridized carbons (Fsp3) is 0.346. The fourth-order valence-corrected chi connectivity index (χ4v) is 4.32. The standard InChI is InChI=1S/C26H28F3N7O/c1-25(2,37)17-5-4-6-20(15-17)36-23-21(22(33-36)26(27,28)29)16-30-24(32-23)31-18-7-9-19(10-8-18)35-13-11-34(3)12-14-35/h4-10,15-16,37H,11-14H2,1-3H3,(H,30,31,32). The molecule has 0 saturated carbocycles. The summed E-state index contributed by atoms with van der Waals surface area (Å²) in [5.74, 6) is 0.147. The number of fused-ring (bicyclic) bond motifs is 1. The average Bonchev–Trinajstić information content (AvgIpc) is 3.24. The molecule has 4 aromatic rings. The molecule has 1 aliphatic rings. The second-order valence-corrected chi connectivity index (χ2v) is 9.76. The van der Waals surface area contributed by atoms with Crippen LogP contribution in [0.3, 0.4) is 0 Å². The number of alkyl halides is 3. The molecule has 8 nitrogen and oxygen atoms in total. The minimum Gasteiger partial charge on any atom is -0.386 e. The van der Waals surface area contributed by atoms with Gasteiger partial charge in [0.2, 0.25) is 5.95 Å². The van der Waals surface area contributed by atoms with Gasteiger partial charge in [-0.25, -0.2) is 9.67 Å². The van der Waals surface area contributed by atoms with Crippen molar-refractivity contribution in [1.29, 1.82) is 0 Å². The quantitative estimate of drug-likeness (QED) is 0.407. The Hall–Kier alpha value is -3.70. The van der Waals surface area contributed by atoms with Crippen molar-refractivity contribution < 1.29 is 18.3 Å². The predicted molar refractivity (Wildman–Crippen MR) is 136 cm³/mol. The zero-order valence-electron chi connectivity index (χ0n) is 20.8. The lowest BCUT2D eigenvalue weighted by atomic mass is 9.98. The molecule has 2 aromatic carbocycles. The number of nitrogens with one attached hydrogen (secondary N) is 1. The third-order valence-electron chi connectivity index (χ3n) is 6.48. The minimum atomic E-state index is -4.69. The van der Waals surface area contributed by atoms with Crippen molar-refractivity contribution >= 4 is 28.4 Å². The van der Waals surface area contributed by atoms with E-state index in [0.29, 0.717) is 16.9 Å². The van der Waals surface area contributed by atoms with E-state index < -0.39 is 17.5 Å². The van der Waals surface area contributed by atoms with Crippen LogP contribution in [0.4, 0.5) is 30.5 Å². The van der Waals surface area contributed by atoms with Crippen LogP contribution in [0.1, 0.15) is 25.1 Å². The largest absolute Gasteiger partial charge is 0.435 e. The van der Waals surface area contributed by atoms with E-state index in [0.717, 1.165) is 42.7 Å². The number of aliphatic hydroxyl groups is 1. The van der Waals surface area contributed by atoms with Crippen molar-refractivity contribution in [2.24, 2.45) is 0 Å². The summed E-state index contributed by atoms with van der Waals surface area (Å²) >= 11 is 0. The summed E-state index contributed by atoms with van der Waals surface area (Å²) in [7, 11) is 2.11. The van der Waals surface area contributed by atoms with Gasteiger partial charge in [0.25, 0.3) is 0 Å². The van der Waals surface area contributed by atoms with E-state index in [-0.39, 0.29) is 17.0 Å². The van der Waals surface area contributed by atoms with Gasteiger partial charge in [-0.3, -0.25) is 0 Å². The number of likely N-dealkylation sites (N-methyl/N-ethyl adjacent to an activating group) is 1. The first-order chi connectivity index (χ1) is 17.5. The first-order valence-electron chi connectivity index (χ1n) is 12.0. The molecule has 0 aliphatic carbocycles. The van der Waals surface area contributed by atoms with Crippen molar-refractivity contribution in [3.63, 3.8) is 0 Å². The van der Waals surface area contributed by atoms with Crippen LogP contribution in [0.15, 0.2) is 54.7 Å². The summed E-state index contributed by atoms with van der Waals surface area (Å²) in [4.78, 5) is 13.1. The summed E-state index contributed by atoms with van der Waals surface area (Å²) in [6.45, 7) is 7.11. The van der Waals surface area contributed by atoms with Crippen LogP contribution in [0.25, 0.3) is 16.7 Å². The number of hydrogen-bond donors (Lipinski definition) is 2. The van der Waals surface area contributed by atoms with Gasteiger partial charge in [-0.05, 0) is 62.9 Å².